The molecule has 0 bridgehead atoms. The van der Waals surface area contributed by atoms with Gasteiger partial charge >= 0.3 is 0 Å². The second-order valence-corrected chi connectivity index (χ2v) is 2.29. The Morgan fingerprint density at radius 2 is 2.12 bits per heavy atom. The van der Waals surface area contributed by atoms with Crippen molar-refractivity contribution in [1.82, 2.24) is 5.32 Å². The van der Waals surface area contributed by atoms with Gasteiger partial charge in [0.2, 0.25) is 0 Å². The summed E-state index contributed by atoms with van der Waals surface area (Å²) >= 11 is 10.8. The van der Waals surface area contributed by atoms with E-state index in [1.54, 1.807) is 0 Å². The Bertz CT molecular complexity index is 40.3. The van der Waals surface area contributed by atoms with Gasteiger partial charge in [0.1, 0.15) is 0 Å². The van der Waals surface area contributed by atoms with Crippen LogP contribution in [0.1, 0.15) is 6.92 Å². The first kappa shape index (κ1) is 11.6. The second kappa shape index (κ2) is 7.83. The molecule has 4 heteroatoms. The van der Waals surface area contributed by atoms with Crippen molar-refractivity contribution in [1.29, 1.82) is 0 Å². The molecule has 52 valence electrons. The molecule has 1 atom stereocenters. The first-order valence-corrected chi connectivity index (χ1v) is 3.18. The topological polar surface area (TPSA) is 12.0 Å². The first-order valence-electron chi connectivity index (χ1n) is 2.21. The van der Waals surface area contributed by atoms with Crippen LogP contribution in [0.2, 0.25) is 0 Å². The highest BCUT2D eigenvalue weighted by Crippen LogP contribution is 1.84. The maximum Gasteiger partial charge on any atom is 0.0797 e. The van der Waals surface area contributed by atoms with E-state index in [4.69, 9.17) is 23.2 Å². The summed E-state index contributed by atoms with van der Waals surface area (Å²) in [7, 11) is 0. The molecule has 0 spiro atoms. The quantitative estimate of drug-likeness (QED) is 0.514. The molecule has 0 saturated carbocycles. The maximum atomic E-state index is 5.49. The van der Waals surface area contributed by atoms with Gasteiger partial charge in [-0.25, -0.2) is 0 Å². The number of alkyl halides is 2. The summed E-state index contributed by atoms with van der Waals surface area (Å²) in [5.41, 5.74) is 0.0405. The summed E-state index contributed by atoms with van der Waals surface area (Å²) in [4.78, 5) is 0. The lowest BCUT2D eigenvalue weighted by atomic mass is 10.6. The fourth-order valence-corrected chi connectivity index (χ4v) is 0.472. The monoisotopic (exact) mass is 177 g/mol. The summed E-state index contributed by atoms with van der Waals surface area (Å²) < 4.78 is 0. The molecule has 0 radical (unpaired) electrons. The van der Waals surface area contributed by atoms with Crippen molar-refractivity contribution in [2.75, 3.05) is 12.4 Å². The van der Waals surface area contributed by atoms with Gasteiger partial charge in [-0.1, -0.05) is 0 Å². The van der Waals surface area contributed by atoms with Crippen LogP contribution < -0.4 is 5.32 Å². The lowest BCUT2D eigenvalue weighted by molar-refractivity contribution is 0.715. The highest BCUT2D eigenvalue weighted by atomic mass is 35.5. The van der Waals surface area contributed by atoms with E-state index in [1.165, 1.54) is 0 Å². The molecule has 0 aromatic rings. The predicted octanol–water partition coefficient (Wildman–Crippen LogP) is 1.82. The summed E-state index contributed by atoms with van der Waals surface area (Å²) in [5, 5.41) is 2.93. The van der Waals surface area contributed by atoms with E-state index in [0.717, 1.165) is 6.54 Å². The number of hydrogen-bond acceptors (Lipinski definition) is 1. The van der Waals surface area contributed by atoms with E-state index < -0.39 is 0 Å². The van der Waals surface area contributed by atoms with E-state index in [2.05, 4.69) is 5.32 Å². The zero-order chi connectivity index (χ0) is 5.70. The Kier molecular flexibility index (Phi) is 11.4. The van der Waals surface area contributed by atoms with Crippen molar-refractivity contribution < 1.29 is 0 Å². The van der Waals surface area contributed by atoms with Crippen LogP contribution in [0.25, 0.3) is 0 Å². The average Bonchev–Trinajstić information content (AvgIpc) is 1.61. The van der Waals surface area contributed by atoms with Crippen LogP contribution in [0.4, 0.5) is 0 Å². The van der Waals surface area contributed by atoms with Gasteiger partial charge in [-0.05, 0) is 6.92 Å². The second-order valence-electron chi connectivity index (χ2n) is 1.26. The molecule has 0 aliphatic rings. The molecule has 0 amide bonds. The Labute approximate surface area is 66.1 Å². The number of hydrogen-bond donors (Lipinski definition) is 1. The Hall–Kier alpha value is 0.830. The lowest BCUT2D eigenvalue weighted by Crippen LogP contribution is -2.22. The summed E-state index contributed by atoms with van der Waals surface area (Å²) in [6.45, 7) is 2.65. The molecule has 0 aliphatic carbocycles. The minimum absolute atomic E-state index is 0. The molecule has 1 nitrogen and oxygen atoms in total. The third-order valence-electron chi connectivity index (χ3n) is 0.520. The van der Waals surface area contributed by atoms with E-state index >= 15 is 0 Å². The van der Waals surface area contributed by atoms with E-state index in [-0.39, 0.29) is 17.9 Å². The number of nitrogens with one attached hydrogen (secondary N) is 1. The zero-order valence-corrected chi connectivity index (χ0v) is 6.98. The Morgan fingerprint density at radius 3 is 2.25 bits per heavy atom. The van der Waals surface area contributed by atoms with Gasteiger partial charge in [0.05, 0.1) is 5.50 Å². The highest BCUT2D eigenvalue weighted by Gasteiger charge is 1.88. The van der Waals surface area contributed by atoms with Crippen LogP contribution in [-0.4, -0.2) is 17.9 Å². The Balaban J connectivity index is 0. The van der Waals surface area contributed by atoms with Crippen LogP contribution in [0.5, 0.6) is 0 Å². The molecular weight excluding hydrogens is 168 g/mol. The van der Waals surface area contributed by atoms with Crippen LogP contribution in [0.15, 0.2) is 0 Å². The van der Waals surface area contributed by atoms with Gasteiger partial charge in [-0.3, -0.25) is 0 Å². The molecule has 0 aromatic carbocycles. The van der Waals surface area contributed by atoms with Crippen LogP contribution >= 0.6 is 35.6 Å². The van der Waals surface area contributed by atoms with Crippen molar-refractivity contribution in [2.24, 2.45) is 0 Å². The summed E-state index contributed by atoms with van der Waals surface area (Å²) in [6, 6.07) is 0. The number of halogens is 3. The van der Waals surface area contributed by atoms with Gasteiger partial charge in [0.25, 0.3) is 0 Å². The highest BCUT2D eigenvalue weighted by molar-refractivity contribution is 6.20. The molecular formula is C4H10Cl3N. The standard InChI is InChI=1S/C4H9Cl2N.ClH/c1-4(6)7-3-2-5;/h4,7H,2-3H2,1H3;1H. The smallest absolute Gasteiger partial charge is 0.0797 e. The third kappa shape index (κ3) is 9.95. The molecule has 1 unspecified atom stereocenters. The average molecular weight is 178 g/mol. The zero-order valence-electron chi connectivity index (χ0n) is 4.66. The fourth-order valence-electron chi connectivity index (χ4n) is 0.253. The fraction of sp³-hybridized carbons (Fsp3) is 1.00. The Morgan fingerprint density at radius 1 is 1.62 bits per heavy atom. The van der Waals surface area contributed by atoms with Crippen molar-refractivity contribution >= 4 is 35.6 Å². The van der Waals surface area contributed by atoms with Gasteiger partial charge < -0.3 is 5.32 Å². The molecule has 1 N–H and O–H groups in total. The maximum absolute atomic E-state index is 5.49. The normalized spacial score (nSPS) is 12.4. The van der Waals surface area contributed by atoms with E-state index in [9.17, 15) is 0 Å². The molecule has 0 saturated heterocycles. The lowest BCUT2D eigenvalue weighted by Gasteiger charge is -2.00. The van der Waals surface area contributed by atoms with Gasteiger partial charge in [-0.15, -0.1) is 35.6 Å². The molecule has 8 heavy (non-hydrogen) atoms. The van der Waals surface area contributed by atoms with Gasteiger partial charge in [-0.2, -0.15) is 0 Å². The van der Waals surface area contributed by atoms with Crippen LogP contribution in [-0.2, 0) is 0 Å². The van der Waals surface area contributed by atoms with E-state index in [1.807, 2.05) is 6.92 Å². The molecule has 0 heterocycles. The van der Waals surface area contributed by atoms with Crippen LogP contribution in [0, 0.1) is 0 Å². The number of rotatable bonds is 3. The third-order valence-corrected chi connectivity index (χ3v) is 0.863. The van der Waals surface area contributed by atoms with Gasteiger partial charge in [0.15, 0.2) is 0 Å². The van der Waals surface area contributed by atoms with Crippen molar-refractivity contribution in [3.63, 3.8) is 0 Å². The first-order chi connectivity index (χ1) is 3.27. The molecule has 0 fully saturated rings. The molecule has 0 aliphatic heterocycles. The summed E-state index contributed by atoms with van der Waals surface area (Å²) in [6.07, 6.45) is 0. The predicted molar refractivity (Wildman–Crippen MR) is 41.3 cm³/mol. The van der Waals surface area contributed by atoms with Crippen molar-refractivity contribution in [3.05, 3.63) is 0 Å². The van der Waals surface area contributed by atoms with E-state index in [0.29, 0.717) is 5.88 Å². The largest absolute Gasteiger partial charge is 0.300 e. The molecule has 0 aromatic heterocycles. The van der Waals surface area contributed by atoms with Gasteiger partial charge in [0, 0.05) is 12.4 Å². The SMILES string of the molecule is CC(Cl)NCCCl.Cl. The minimum atomic E-state index is 0. The van der Waals surface area contributed by atoms with Crippen molar-refractivity contribution in [3.8, 4) is 0 Å². The molecule has 0 rings (SSSR count). The summed E-state index contributed by atoms with van der Waals surface area (Å²) in [5.74, 6) is 0.622. The minimum Gasteiger partial charge on any atom is -0.300 e. The van der Waals surface area contributed by atoms with Crippen molar-refractivity contribution in [2.45, 2.75) is 12.4 Å². The van der Waals surface area contributed by atoms with Crippen LogP contribution in [0.3, 0.4) is 0 Å².